The number of aromatic nitrogens is 4. The van der Waals surface area contributed by atoms with E-state index in [0.29, 0.717) is 0 Å². The van der Waals surface area contributed by atoms with Crippen LogP contribution in [0.2, 0.25) is 0 Å². The van der Waals surface area contributed by atoms with Gasteiger partial charge in [0, 0.05) is 22.5 Å². The highest BCUT2D eigenvalue weighted by molar-refractivity contribution is 6.08. The third-order valence-electron chi connectivity index (χ3n) is 15.7. The van der Waals surface area contributed by atoms with Crippen molar-refractivity contribution in [1.82, 2.24) is 19.1 Å². The lowest BCUT2D eigenvalue weighted by atomic mass is 9.90. The number of hydrogen-bond acceptors (Lipinski definition) is 2. The van der Waals surface area contributed by atoms with E-state index in [2.05, 4.69) is 269 Å². The summed E-state index contributed by atoms with van der Waals surface area (Å²) < 4.78 is 4.51. The summed E-state index contributed by atoms with van der Waals surface area (Å²) in [6.07, 6.45) is 0. The fourth-order valence-electron chi connectivity index (χ4n) is 11.7. The molecule has 76 heavy (non-hydrogen) atoms. The third kappa shape index (κ3) is 8.02. The fourth-order valence-corrected chi connectivity index (χ4v) is 11.7. The van der Waals surface area contributed by atoms with Crippen LogP contribution >= 0.6 is 0 Å². The molecule has 2 heterocycles. The standard InChI is InChI=1S/2C36H28N2/c1-23-16-18-30-25(3)33-22-27(17-19-31(33)24(2)32(30)20-23)26-10-9-11-28(21-26)36-37-34-14-7-8-15-35(34)38(36)29-12-5-4-6-13-29;1-23-13-19-30-25(3)33-22-28(18-20-31(33)24(2)32(30)21-23)26-14-16-27(17-15-26)36-37-34-11-7-8-12-35(34)38(36)29-9-5-4-6-10-29/h2*4-22H,1-3H3. The lowest BCUT2D eigenvalue weighted by molar-refractivity contribution is 1.10. The van der Waals surface area contributed by atoms with Crippen LogP contribution in [0.3, 0.4) is 0 Å². The normalized spacial score (nSPS) is 11.6. The molecular formula is C72H56N4. The van der Waals surface area contributed by atoms with Crippen molar-refractivity contribution in [2.75, 3.05) is 0 Å². The second kappa shape index (κ2) is 18.8. The zero-order valence-corrected chi connectivity index (χ0v) is 43.7. The van der Waals surface area contributed by atoms with Gasteiger partial charge < -0.3 is 0 Å². The van der Waals surface area contributed by atoms with Gasteiger partial charge in [-0.1, -0.05) is 175 Å². The topological polar surface area (TPSA) is 35.6 Å². The smallest absolute Gasteiger partial charge is 0.145 e. The van der Waals surface area contributed by atoms with Crippen LogP contribution in [-0.4, -0.2) is 19.1 Å². The van der Waals surface area contributed by atoms with Gasteiger partial charge in [-0.25, -0.2) is 9.97 Å². The maximum atomic E-state index is 5.07. The van der Waals surface area contributed by atoms with Gasteiger partial charge in [0.2, 0.25) is 0 Å². The van der Waals surface area contributed by atoms with Crippen molar-refractivity contribution in [1.29, 1.82) is 0 Å². The summed E-state index contributed by atoms with van der Waals surface area (Å²) in [6.45, 7) is 13.3. The molecule has 4 nitrogen and oxygen atoms in total. The van der Waals surface area contributed by atoms with Gasteiger partial charge in [-0.15, -0.1) is 0 Å². The van der Waals surface area contributed by atoms with E-state index in [4.69, 9.17) is 9.97 Å². The van der Waals surface area contributed by atoms with E-state index in [9.17, 15) is 0 Å². The van der Waals surface area contributed by atoms with Gasteiger partial charge in [-0.2, -0.15) is 0 Å². The highest BCUT2D eigenvalue weighted by Crippen LogP contribution is 2.39. The lowest BCUT2D eigenvalue weighted by Gasteiger charge is -2.15. The maximum Gasteiger partial charge on any atom is 0.145 e. The molecule has 0 radical (unpaired) electrons. The number of hydrogen-bond donors (Lipinski definition) is 0. The fraction of sp³-hybridized carbons (Fsp3) is 0.0833. The van der Waals surface area contributed by atoms with Crippen LogP contribution in [0.4, 0.5) is 0 Å². The SMILES string of the molecule is Cc1ccc2c(C)c3cc(-c4ccc(-c5nc6ccccc6n5-c5ccccc5)cc4)ccc3c(C)c2c1.Cc1ccc2c(C)c3cc(-c4cccc(-c5nc6ccccc6n5-c5ccccc5)c4)ccc3c(C)c2c1. The number of para-hydroxylation sites is 6. The molecule has 0 saturated heterocycles. The van der Waals surface area contributed by atoms with E-state index in [1.54, 1.807) is 0 Å². The summed E-state index contributed by atoms with van der Waals surface area (Å²) >= 11 is 0. The van der Waals surface area contributed by atoms with Crippen LogP contribution in [0.15, 0.2) is 231 Å². The van der Waals surface area contributed by atoms with Crippen LogP contribution in [0, 0.1) is 41.5 Å². The molecule has 0 atom stereocenters. The predicted molar refractivity (Wildman–Crippen MR) is 322 cm³/mol. The number of aryl methyl sites for hydroxylation is 6. The molecule has 0 aliphatic rings. The molecule has 0 bridgehead atoms. The summed E-state index contributed by atoms with van der Waals surface area (Å²) in [5.41, 5.74) is 21.5. The molecule has 0 N–H and O–H groups in total. The molecular weight excluding hydrogens is 921 g/mol. The van der Waals surface area contributed by atoms with E-state index in [-0.39, 0.29) is 0 Å². The maximum absolute atomic E-state index is 5.07. The molecule has 4 heteroatoms. The average molecular weight is 977 g/mol. The second-order valence-electron chi connectivity index (χ2n) is 20.5. The second-order valence-corrected chi connectivity index (χ2v) is 20.5. The number of fused-ring (bicyclic) bond motifs is 6. The predicted octanol–water partition coefficient (Wildman–Crippen LogP) is 19.2. The minimum atomic E-state index is 0.952. The Morgan fingerprint density at radius 1 is 0.250 bits per heavy atom. The summed E-state index contributed by atoms with van der Waals surface area (Å²) in [5.74, 6) is 1.91. The summed E-state index contributed by atoms with van der Waals surface area (Å²) in [5, 5.41) is 10.7. The number of imidazole rings is 2. The van der Waals surface area contributed by atoms with Crippen molar-refractivity contribution in [3.8, 4) is 56.4 Å². The average Bonchev–Trinajstić information content (AvgIpc) is 4.07. The molecule has 0 aliphatic heterocycles. The van der Waals surface area contributed by atoms with Gasteiger partial charge in [0.05, 0.1) is 22.1 Å². The number of benzene rings is 12. The van der Waals surface area contributed by atoms with E-state index in [0.717, 1.165) is 56.2 Å². The van der Waals surface area contributed by atoms with Crippen molar-refractivity contribution in [2.24, 2.45) is 0 Å². The zero-order valence-electron chi connectivity index (χ0n) is 43.7. The van der Waals surface area contributed by atoms with Crippen molar-refractivity contribution in [2.45, 2.75) is 41.5 Å². The van der Waals surface area contributed by atoms with Gasteiger partial charge in [0.25, 0.3) is 0 Å². The number of rotatable bonds is 6. The van der Waals surface area contributed by atoms with Gasteiger partial charge in [0.15, 0.2) is 0 Å². The first-order valence-corrected chi connectivity index (χ1v) is 26.3. The van der Waals surface area contributed by atoms with Crippen LogP contribution in [0.25, 0.3) is 122 Å². The monoisotopic (exact) mass is 976 g/mol. The first kappa shape index (κ1) is 46.4. The molecule has 0 fully saturated rings. The molecule has 14 rings (SSSR count). The molecule has 0 aliphatic carbocycles. The lowest BCUT2D eigenvalue weighted by Crippen LogP contribution is -1.97. The Bertz CT molecular complexity index is 4560. The van der Waals surface area contributed by atoms with Crippen LogP contribution in [0.1, 0.15) is 33.4 Å². The van der Waals surface area contributed by atoms with Gasteiger partial charge in [-0.3, -0.25) is 9.13 Å². The van der Waals surface area contributed by atoms with Crippen molar-refractivity contribution in [3.63, 3.8) is 0 Å². The molecule has 14 aromatic rings. The molecule has 364 valence electrons. The summed E-state index contributed by atoms with van der Waals surface area (Å²) in [4.78, 5) is 10.1. The first-order valence-electron chi connectivity index (χ1n) is 26.3. The molecule has 0 unspecified atom stereocenters. The Labute approximate surface area is 443 Å². The third-order valence-corrected chi connectivity index (χ3v) is 15.7. The van der Waals surface area contributed by atoms with Gasteiger partial charge in [-0.05, 0) is 196 Å². The van der Waals surface area contributed by atoms with E-state index in [1.165, 1.54) is 98.7 Å². The minimum Gasteiger partial charge on any atom is -0.292 e. The Hall–Kier alpha value is -9.38. The minimum absolute atomic E-state index is 0.952. The van der Waals surface area contributed by atoms with E-state index < -0.39 is 0 Å². The van der Waals surface area contributed by atoms with E-state index >= 15 is 0 Å². The molecule has 0 amide bonds. The van der Waals surface area contributed by atoms with Crippen LogP contribution in [-0.2, 0) is 0 Å². The Morgan fingerprint density at radius 2 is 0.605 bits per heavy atom. The molecule has 0 saturated carbocycles. The Kier molecular flexibility index (Phi) is 11.5. The summed E-state index contributed by atoms with van der Waals surface area (Å²) in [6, 6.07) is 82.7. The highest BCUT2D eigenvalue weighted by atomic mass is 15.1. The van der Waals surface area contributed by atoms with Gasteiger partial charge >= 0.3 is 0 Å². The largest absolute Gasteiger partial charge is 0.292 e. The molecule has 0 spiro atoms. The zero-order chi connectivity index (χ0) is 51.6. The first-order chi connectivity index (χ1) is 37.2. The Balaban J connectivity index is 0.000000146. The van der Waals surface area contributed by atoms with Gasteiger partial charge in [0.1, 0.15) is 11.6 Å². The van der Waals surface area contributed by atoms with Crippen molar-refractivity contribution < 1.29 is 0 Å². The van der Waals surface area contributed by atoms with Crippen molar-refractivity contribution >= 4 is 65.2 Å². The number of nitrogens with zero attached hydrogens (tertiary/aromatic N) is 4. The Morgan fingerprint density at radius 3 is 1.09 bits per heavy atom. The highest BCUT2D eigenvalue weighted by Gasteiger charge is 2.18. The van der Waals surface area contributed by atoms with Crippen molar-refractivity contribution in [3.05, 3.63) is 264 Å². The molecule has 12 aromatic carbocycles. The summed E-state index contributed by atoms with van der Waals surface area (Å²) in [7, 11) is 0. The van der Waals surface area contributed by atoms with Crippen LogP contribution < -0.4 is 0 Å². The quantitative estimate of drug-likeness (QED) is 0.156. The van der Waals surface area contributed by atoms with Crippen LogP contribution in [0.5, 0.6) is 0 Å². The molecule has 2 aromatic heterocycles. The van der Waals surface area contributed by atoms with E-state index in [1.807, 2.05) is 12.1 Å².